The number of hydrogen-bond donors (Lipinski definition) is 0. The molecule has 0 amide bonds. The van der Waals surface area contributed by atoms with E-state index in [2.05, 4.69) is 0 Å². The molecule has 0 atom stereocenters. The molecule has 0 aliphatic rings. The van der Waals surface area contributed by atoms with E-state index in [-0.39, 0.29) is 5.78 Å². The van der Waals surface area contributed by atoms with Gasteiger partial charge in [-0.15, -0.1) is 0 Å². The molecule has 0 radical (unpaired) electrons. The molecule has 0 heterocycles. The highest BCUT2D eigenvalue weighted by molar-refractivity contribution is 6.32. The van der Waals surface area contributed by atoms with Gasteiger partial charge in [-0.1, -0.05) is 41.9 Å². The first-order valence-electron chi connectivity index (χ1n) is 5.68. The van der Waals surface area contributed by atoms with Crippen molar-refractivity contribution in [3.05, 3.63) is 76.3 Å². The Morgan fingerprint density at radius 1 is 1.16 bits per heavy atom. The number of allylic oxidation sites excluding steroid dienone is 1. The van der Waals surface area contributed by atoms with E-state index in [1.165, 1.54) is 6.08 Å². The Labute approximate surface area is 116 Å². The molecule has 0 unspecified atom stereocenters. The van der Waals surface area contributed by atoms with E-state index in [0.29, 0.717) is 16.1 Å². The summed E-state index contributed by atoms with van der Waals surface area (Å²) in [4.78, 5) is 12.0. The number of carbonyl (C=O) groups is 1. The van der Waals surface area contributed by atoms with Crippen LogP contribution in [0.2, 0.25) is 5.02 Å². The van der Waals surface area contributed by atoms with Crippen LogP contribution in [0.3, 0.4) is 0 Å². The number of nitrogens with zero attached hydrogens (tertiary/aromatic N) is 1. The SMILES string of the molecule is N#Cc1cccc(C(=O)/C=C/c2ccccc2Cl)c1. The highest BCUT2D eigenvalue weighted by atomic mass is 35.5. The molecule has 3 heteroatoms. The topological polar surface area (TPSA) is 40.9 Å². The van der Waals surface area contributed by atoms with E-state index in [0.717, 1.165) is 5.56 Å². The molecule has 0 aliphatic heterocycles. The van der Waals surface area contributed by atoms with E-state index < -0.39 is 0 Å². The van der Waals surface area contributed by atoms with Crippen molar-refractivity contribution in [3.63, 3.8) is 0 Å². The molecule has 0 N–H and O–H groups in total. The Bertz CT molecular complexity index is 683. The van der Waals surface area contributed by atoms with Crippen LogP contribution >= 0.6 is 11.6 Å². The molecular weight excluding hydrogens is 258 g/mol. The predicted octanol–water partition coefficient (Wildman–Crippen LogP) is 4.11. The molecule has 2 aromatic rings. The van der Waals surface area contributed by atoms with Gasteiger partial charge in [0.1, 0.15) is 0 Å². The molecule has 0 aromatic heterocycles. The molecule has 0 aliphatic carbocycles. The third kappa shape index (κ3) is 3.31. The fourth-order valence-electron chi connectivity index (χ4n) is 1.61. The second kappa shape index (κ2) is 5.99. The van der Waals surface area contributed by atoms with Crippen LogP contribution in [-0.4, -0.2) is 5.78 Å². The summed E-state index contributed by atoms with van der Waals surface area (Å²) in [5, 5.41) is 9.39. The van der Waals surface area contributed by atoms with Crippen molar-refractivity contribution < 1.29 is 4.79 Å². The zero-order chi connectivity index (χ0) is 13.7. The molecule has 92 valence electrons. The highest BCUT2D eigenvalue weighted by Crippen LogP contribution is 2.16. The van der Waals surface area contributed by atoms with Gasteiger partial charge in [-0.25, -0.2) is 0 Å². The van der Waals surface area contributed by atoms with Gasteiger partial charge < -0.3 is 0 Å². The lowest BCUT2D eigenvalue weighted by Crippen LogP contribution is -1.94. The first-order valence-corrected chi connectivity index (χ1v) is 6.05. The van der Waals surface area contributed by atoms with Crippen molar-refractivity contribution in [2.45, 2.75) is 0 Å². The second-order valence-corrected chi connectivity index (χ2v) is 4.32. The van der Waals surface area contributed by atoms with Gasteiger partial charge in [0.2, 0.25) is 0 Å². The van der Waals surface area contributed by atoms with Gasteiger partial charge in [-0.3, -0.25) is 4.79 Å². The summed E-state index contributed by atoms with van der Waals surface area (Å²) >= 11 is 6.00. The van der Waals surface area contributed by atoms with Gasteiger partial charge in [-0.05, 0) is 35.9 Å². The zero-order valence-corrected chi connectivity index (χ0v) is 10.8. The van der Waals surface area contributed by atoms with Crippen LogP contribution in [0.1, 0.15) is 21.5 Å². The van der Waals surface area contributed by atoms with Gasteiger partial charge in [0.25, 0.3) is 0 Å². The normalized spacial score (nSPS) is 10.3. The maximum Gasteiger partial charge on any atom is 0.185 e. The number of hydrogen-bond acceptors (Lipinski definition) is 2. The Hall–Kier alpha value is -2.37. The summed E-state index contributed by atoms with van der Waals surface area (Å²) in [6, 6.07) is 15.9. The molecule has 0 bridgehead atoms. The third-order valence-corrected chi connectivity index (χ3v) is 2.94. The first kappa shape index (κ1) is 13.1. The van der Waals surface area contributed by atoms with Crippen LogP contribution in [0.5, 0.6) is 0 Å². The Morgan fingerprint density at radius 2 is 1.95 bits per heavy atom. The molecule has 2 nitrogen and oxygen atoms in total. The largest absolute Gasteiger partial charge is 0.289 e. The van der Waals surface area contributed by atoms with E-state index in [9.17, 15) is 4.79 Å². The fourth-order valence-corrected chi connectivity index (χ4v) is 1.81. The van der Waals surface area contributed by atoms with Gasteiger partial charge in [0.15, 0.2) is 5.78 Å². The predicted molar refractivity (Wildman–Crippen MR) is 76.0 cm³/mol. The number of rotatable bonds is 3. The Balaban J connectivity index is 2.22. The van der Waals surface area contributed by atoms with E-state index in [1.807, 2.05) is 24.3 Å². The number of carbonyl (C=O) groups excluding carboxylic acids is 1. The monoisotopic (exact) mass is 267 g/mol. The van der Waals surface area contributed by atoms with Crippen molar-refractivity contribution in [1.82, 2.24) is 0 Å². The van der Waals surface area contributed by atoms with Crippen molar-refractivity contribution in [3.8, 4) is 6.07 Å². The molecule has 2 rings (SSSR count). The fraction of sp³-hybridized carbons (Fsp3) is 0. The summed E-state index contributed by atoms with van der Waals surface area (Å²) in [6.45, 7) is 0. The molecular formula is C16H10ClNO. The van der Waals surface area contributed by atoms with Crippen LogP contribution < -0.4 is 0 Å². The first-order chi connectivity index (χ1) is 9.20. The molecule has 0 saturated heterocycles. The number of halogens is 1. The maximum absolute atomic E-state index is 12.0. The molecule has 19 heavy (non-hydrogen) atoms. The van der Waals surface area contributed by atoms with E-state index in [1.54, 1.807) is 36.4 Å². The number of ketones is 1. The lowest BCUT2D eigenvalue weighted by atomic mass is 10.1. The number of benzene rings is 2. The Morgan fingerprint density at radius 3 is 2.68 bits per heavy atom. The van der Waals surface area contributed by atoms with Gasteiger partial charge in [0, 0.05) is 10.6 Å². The average Bonchev–Trinajstić information content (AvgIpc) is 2.46. The molecule has 0 spiro atoms. The summed E-state index contributed by atoms with van der Waals surface area (Å²) < 4.78 is 0. The second-order valence-electron chi connectivity index (χ2n) is 3.91. The van der Waals surface area contributed by atoms with Crippen LogP contribution in [0.4, 0.5) is 0 Å². The number of nitriles is 1. The summed E-state index contributed by atoms with van der Waals surface area (Å²) in [6.07, 6.45) is 3.13. The molecule has 0 fully saturated rings. The summed E-state index contributed by atoms with van der Waals surface area (Å²) in [5.74, 6) is -0.156. The van der Waals surface area contributed by atoms with Gasteiger partial charge in [-0.2, -0.15) is 5.26 Å². The van der Waals surface area contributed by atoms with Crippen LogP contribution in [0.15, 0.2) is 54.6 Å². The summed E-state index contributed by atoms with van der Waals surface area (Å²) in [7, 11) is 0. The van der Waals surface area contributed by atoms with Crippen molar-refractivity contribution >= 4 is 23.5 Å². The van der Waals surface area contributed by atoms with Crippen molar-refractivity contribution in [1.29, 1.82) is 5.26 Å². The lowest BCUT2D eigenvalue weighted by molar-refractivity contribution is 0.104. The molecule has 0 saturated carbocycles. The molecule has 2 aromatic carbocycles. The summed E-state index contributed by atoms with van der Waals surface area (Å²) in [5.41, 5.74) is 1.74. The Kier molecular flexibility index (Phi) is 4.12. The minimum Gasteiger partial charge on any atom is -0.289 e. The smallest absolute Gasteiger partial charge is 0.185 e. The lowest BCUT2D eigenvalue weighted by Gasteiger charge is -1.98. The van der Waals surface area contributed by atoms with Crippen LogP contribution in [-0.2, 0) is 0 Å². The quantitative estimate of drug-likeness (QED) is 0.620. The van der Waals surface area contributed by atoms with Crippen LogP contribution in [0, 0.1) is 11.3 Å². The zero-order valence-electron chi connectivity index (χ0n) is 10.0. The maximum atomic E-state index is 12.0. The minimum absolute atomic E-state index is 0.156. The minimum atomic E-state index is -0.156. The van der Waals surface area contributed by atoms with Crippen molar-refractivity contribution in [2.24, 2.45) is 0 Å². The average molecular weight is 268 g/mol. The van der Waals surface area contributed by atoms with E-state index in [4.69, 9.17) is 16.9 Å². The third-order valence-electron chi connectivity index (χ3n) is 2.60. The standard InChI is InChI=1S/C16H10ClNO/c17-15-7-2-1-5-13(15)8-9-16(19)14-6-3-4-12(10-14)11-18/h1-10H/b9-8+. The van der Waals surface area contributed by atoms with Gasteiger partial charge in [0.05, 0.1) is 11.6 Å². The van der Waals surface area contributed by atoms with Crippen LogP contribution in [0.25, 0.3) is 6.08 Å². The van der Waals surface area contributed by atoms with Crippen molar-refractivity contribution in [2.75, 3.05) is 0 Å². The van der Waals surface area contributed by atoms with E-state index >= 15 is 0 Å². The van der Waals surface area contributed by atoms with Gasteiger partial charge >= 0.3 is 0 Å². The highest BCUT2D eigenvalue weighted by Gasteiger charge is 2.03.